The molecule has 2 fully saturated rings. The third kappa shape index (κ3) is 2.48. The number of aromatic nitrogens is 1. The Morgan fingerprint density at radius 1 is 1.33 bits per heavy atom. The molecule has 2 saturated carbocycles. The molecule has 100 valence electrons. The fourth-order valence-corrected chi connectivity index (χ4v) is 4.53. The Bertz CT molecular complexity index is 383. The van der Waals surface area contributed by atoms with E-state index >= 15 is 0 Å². The molecule has 0 aromatic carbocycles. The molecule has 0 radical (unpaired) electrons. The highest BCUT2D eigenvalue weighted by Crippen LogP contribution is 2.49. The summed E-state index contributed by atoms with van der Waals surface area (Å²) >= 11 is 1.83. The summed E-state index contributed by atoms with van der Waals surface area (Å²) < 4.78 is 0. The summed E-state index contributed by atoms with van der Waals surface area (Å²) in [6.07, 6.45) is 10.3. The zero-order chi connectivity index (χ0) is 12.6. The number of hydrogen-bond acceptors (Lipinski definition) is 3. The van der Waals surface area contributed by atoms with Crippen molar-refractivity contribution in [2.24, 2.45) is 11.8 Å². The molecule has 2 nitrogen and oxygen atoms in total. The van der Waals surface area contributed by atoms with E-state index in [4.69, 9.17) is 0 Å². The maximum Gasteiger partial charge on any atom is 0.113 e. The van der Waals surface area contributed by atoms with Crippen LogP contribution in [0.5, 0.6) is 0 Å². The summed E-state index contributed by atoms with van der Waals surface area (Å²) in [5.41, 5.74) is 0.174. The van der Waals surface area contributed by atoms with E-state index in [-0.39, 0.29) is 5.54 Å². The Kier molecular flexibility index (Phi) is 3.46. The van der Waals surface area contributed by atoms with Gasteiger partial charge in [-0.2, -0.15) is 0 Å². The van der Waals surface area contributed by atoms with E-state index in [9.17, 15) is 0 Å². The van der Waals surface area contributed by atoms with Gasteiger partial charge in [0.15, 0.2) is 0 Å². The van der Waals surface area contributed by atoms with E-state index in [0.717, 1.165) is 11.8 Å². The minimum atomic E-state index is 0.174. The van der Waals surface area contributed by atoms with Gasteiger partial charge >= 0.3 is 0 Å². The summed E-state index contributed by atoms with van der Waals surface area (Å²) in [6.45, 7) is 4.52. The lowest BCUT2D eigenvalue weighted by molar-refractivity contribution is 0.153. The lowest BCUT2D eigenvalue weighted by atomic mass is 9.73. The van der Waals surface area contributed by atoms with E-state index in [0.29, 0.717) is 6.04 Å². The molecule has 0 spiro atoms. The molecule has 3 rings (SSSR count). The molecule has 0 amide bonds. The average molecular weight is 264 g/mol. The van der Waals surface area contributed by atoms with Crippen molar-refractivity contribution in [3.05, 3.63) is 16.6 Å². The van der Waals surface area contributed by atoms with Crippen molar-refractivity contribution in [3.8, 4) is 0 Å². The van der Waals surface area contributed by atoms with Gasteiger partial charge in [0.2, 0.25) is 0 Å². The lowest BCUT2D eigenvalue weighted by Gasteiger charge is -2.42. The number of thiazole rings is 1. The van der Waals surface area contributed by atoms with Crippen LogP contribution in [-0.4, -0.2) is 11.0 Å². The molecule has 3 heteroatoms. The number of nitrogens with one attached hydrogen (secondary N) is 1. The van der Waals surface area contributed by atoms with Crippen molar-refractivity contribution >= 4 is 11.3 Å². The molecule has 2 atom stereocenters. The van der Waals surface area contributed by atoms with Crippen molar-refractivity contribution in [1.82, 2.24) is 10.3 Å². The first kappa shape index (κ1) is 12.6. The largest absolute Gasteiger partial charge is 0.303 e. The van der Waals surface area contributed by atoms with Gasteiger partial charge in [-0.15, -0.1) is 11.3 Å². The Labute approximate surface area is 114 Å². The number of nitrogens with zero attached hydrogens (tertiary/aromatic N) is 1. The zero-order valence-corrected chi connectivity index (χ0v) is 12.3. The van der Waals surface area contributed by atoms with E-state index in [1.165, 1.54) is 43.5 Å². The van der Waals surface area contributed by atoms with Crippen LogP contribution in [0.2, 0.25) is 0 Å². The minimum absolute atomic E-state index is 0.174. The first-order valence-corrected chi connectivity index (χ1v) is 8.25. The smallest absolute Gasteiger partial charge is 0.113 e. The van der Waals surface area contributed by atoms with Crippen LogP contribution >= 0.6 is 11.3 Å². The molecule has 2 unspecified atom stereocenters. The quantitative estimate of drug-likeness (QED) is 0.891. The molecular weight excluding hydrogens is 240 g/mol. The Balaban J connectivity index is 1.84. The SMILES string of the molecule is CC(C)NC1(c2nccs2)CCCC(C2CC2)C1. The third-order valence-corrected chi connectivity index (χ3v) is 5.46. The maximum absolute atomic E-state index is 4.64. The van der Waals surface area contributed by atoms with Crippen molar-refractivity contribution in [3.63, 3.8) is 0 Å². The highest BCUT2D eigenvalue weighted by Gasteiger charge is 2.44. The Morgan fingerprint density at radius 2 is 2.17 bits per heavy atom. The molecule has 1 aromatic rings. The highest BCUT2D eigenvalue weighted by atomic mass is 32.1. The number of hydrogen-bond donors (Lipinski definition) is 1. The van der Waals surface area contributed by atoms with Crippen LogP contribution in [0.15, 0.2) is 11.6 Å². The lowest BCUT2D eigenvalue weighted by Crippen LogP contribution is -2.49. The van der Waals surface area contributed by atoms with Gasteiger partial charge in [0.25, 0.3) is 0 Å². The second-order valence-electron chi connectivity index (χ2n) is 6.41. The monoisotopic (exact) mass is 264 g/mol. The van der Waals surface area contributed by atoms with Gasteiger partial charge in [0, 0.05) is 17.6 Å². The summed E-state index contributed by atoms with van der Waals surface area (Å²) in [5, 5.41) is 7.30. The van der Waals surface area contributed by atoms with E-state index < -0.39 is 0 Å². The molecule has 2 aliphatic rings. The van der Waals surface area contributed by atoms with Crippen LogP contribution in [0.25, 0.3) is 0 Å². The molecule has 18 heavy (non-hydrogen) atoms. The van der Waals surface area contributed by atoms with Crippen LogP contribution in [0.3, 0.4) is 0 Å². The molecule has 1 N–H and O–H groups in total. The first-order valence-electron chi connectivity index (χ1n) is 7.37. The van der Waals surface area contributed by atoms with Gasteiger partial charge in [-0.1, -0.05) is 12.8 Å². The van der Waals surface area contributed by atoms with Gasteiger partial charge < -0.3 is 5.32 Å². The minimum Gasteiger partial charge on any atom is -0.303 e. The predicted octanol–water partition coefficient (Wildman–Crippen LogP) is 3.94. The standard InChI is InChI=1S/C15H24N2S/c1-11(2)17-15(14-16-8-9-18-14)7-3-4-13(10-15)12-5-6-12/h8-9,11-13,17H,3-7,10H2,1-2H3. The summed E-state index contributed by atoms with van der Waals surface area (Å²) in [4.78, 5) is 4.64. The second-order valence-corrected chi connectivity index (χ2v) is 7.31. The predicted molar refractivity (Wildman–Crippen MR) is 76.7 cm³/mol. The van der Waals surface area contributed by atoms with Gasteiger partial charge in [0.05, 0.1) is 5.54 Å². The zero-order valence-electron chi connectivity index (χ0n) is 11.5. The Morgan fingerprint density at radius 3 is 2.78 bits per heavy atom. The van der Waals surface area contributed by atoms with Crippen LogP contribution < -0.4 is 5.32 Å². The molecule has 1 aromatic heterocycles. The summed E-state index contributed by atoms with van der Waals surface area (Å²) in [6, 6.07) is 0.534. The van der Waals surface area contributed by atoms with E-state index in [1.807, 2.05) is 17.5 Å². The molecule has 0 bridgehead atoms. The van der Waals surface area contributed by atoms with Gasteiger partial charge in [-0.25, -0.2) is 4.98 Å². The highest BCUT2D eigenvalue weighted by molar-refractivity contribution is 7.09. The summed E-state index contributed by atoms with van der Waals surface area (Å²) in [7, 11) is 0. The average Bonchev–Trinajstić information content (AvgIpc) is 3.03. The van der Waals surface area contributed by atoms with Crippen LogP contribution in [0, 0.1) is 11.8 Å². The molecule has 0 aliphatic heterocycles. The van der Waals surface area contributed by atoms with Crippen LogP contribution in [0.4, 0.5) is 0 Å². The first-order chi connectivity index (χ1) is 8.70. The molecule has 2 aliphatic carbocycles. The van der Waals surface area contributed by atoms with Crippen molar-refractivity contribution in [2.75, 3.05) is 0 Å². The fraction of sp³-hybridized carbons (Fsp3) is 0.800. The Hall–Kier alpha value is -0.410. The summed E-state index contributed by atoms with van der Waals surface area (Å²) in [5.74, 6) is 1.97. The van der Waals surface area contributed by atoms with E-state index in [2.05, 4.69) is 29.5 Å². The van der Waals surface area contributed by atoms with Crippen molar-refractivity contribution in [2.45, 2.75) is 64.0 Å². The van der Waals surface area contributed by atoms with E-state index in [1.54, 1.807) is 0 Å². The fourth-order valence-electron chi connectivity index (χ4n) is 3.69. The van der Waals surface area contributed by atoms with Crippen molar-refractivity contribution in [1.29, 1.82) is 0 Å². The van der Waals surface area contributed by atoms with Crippen LogP contribution in [-0.2, 0) is 5.54 Å². The number of rotatable bonds is 4. The van der Waals surface area contributed by atoms with Crippen molar-refractivity contribution < 1.29 is 0 Å². The second kappa shape index (κ2) is 4.93. The third-order valence-electron chi connectivity index (χ3n) is 4.48. The molecular formula is C15H24N2S. The molecule has 1 heterocycles. The normalized spacial score (nSPS) is 32.9. The molecule has 0 saturated heterocycles. The topological polar surface area (TPSA) is 24.9 Å². The van der Waals surface area contributed by atoms with Gasteiger partial charge in [0.1, 0.15) is 5.01 Å². The van der Waals surface area contributed by atoms with Gasteiger partial charge in [-0.3, -0.25) is 0 Å². The maximum atomic E-state index is 4.64. The van der Waals surface area contributed by atoms with Crippen LogP contribution in [0.1, 0.15) is 57.4 Å². The van der Waals surface area contributed by atoms with Gasteiger partial charge in [-0.05, 0) is 51.4 Å².